The van der Waals surface area contributed by atoms with Gasteiger partial charge in [-0.15, -0.1) is 0 Å². The van der Waals surface area contributed by atoms with E-state index >= 15 is 8.78 Å². The summed E-state index contributed by atoms with van der Waals surface area (Å²) in [6, 6.07) is 1.74. The lowest BCUT2D eigenvalue weighted by atomic mass is 9.76. The van der Waals surface area contributed by atoms with Crippen LogP contribution < -0.4 is 10.1 Å². The molecule has 1 fully saturated rings. The maximum absolute atomic E-state index is 15.7. The molecule has 222 valence electrons. The van der Waals surface area contributed by atoms with Crippen molar-refractivity contribution in [1.82, 2.24) is 15.2 Å². The molecule has 8 nitrogen and oxygen atoms in total. The number of nitrogens with one attached hydrogen (secondary N) is 1. The third-order valence-electron chi connectivity index (χ3n) is 6.85. The lowest BCUT2D eigenvalue weighted by Gasteiger charge is -2.49. The standard InChI is InChI=1S/C27H27ClF5N3O5/c1-13-19(22(37)35-18-7-9-36(24(38)39)23(25(2,3)4)26(18,29)30)16-10-15(11-17(28)20(16)41-13)40-12-14-6-5-8-34-21(14)27(31,32)33/h5-6,8,10-11,18,23H,7,9,12H2,1-4H3,(H,35,37)(H,38,39). The number of furan rings is 1. The summed E-state index contributed by atoms with van der Waals surface area (Å²) in [5, 5.41) is 11.9. The summed E-state index contributed by atoms with van der Waals surface area (Å²) >= 11 is 6.31. The monoisotopic (exact) mass is 603 g/mol. The summed E-state index contributed by atoms with van der Waals surface area (Å²) in [4.78, 5) is 29.1. The van der Waals surface area contributed by atoms with Crippen LogP contribution in [-0.4, -0.2) is 51.5 Å². The lowest BCUT2D eigenvalue weighted by Crippen LogP contribution is -2.68. The molecule has 3 aromatic rings. The highest BCUT2D eigenvalue weighted by Gasteiger charge is 2.59. The van der Waals surface area contributed by atoms with Gasteiger partial charge in [0.2, 0.25) is 0 Å². The number of hydrogen-bond donors (Lipinski definition) is 2. The average molecular weight is 604 g/mol. The van der Waals surface area contributed by atoms with Crippen LogP contribution >= 0.6 is 11.6 Å². The lowest BCUT2D eigenvalue weighted by molar-refractivity contribution is -0.154. The number of aromatic nitrogens is 1. The second kappa shape index (κ2) is 10.7. The Morgan fingerprint density at radius 1 is 1.27 bits per heavy atom. The van der Waals surface area contributed by atoms with E-state index in [0.717, 1.165) is 6.20 Å². The van der Waals surface area contributed by atoms with Gasteiger partial charge in [0.25, 0.3) is 11.8 Å². The average Bonchev–Trinajstić information content (AvgIpc) is 3.18. The predicted octanol–water partition coefficient (Wildman–Crippen LogP) is 6.92. The maximum Gasteiger partial charge on any atom is 0.433 e. The first kappa shape index (κ1) is 30.4. The van der Waals surface area contributed by atoms with Gasteiger partial charge >= 0.3 is 12.3 Å². The fourth-order valence-electron chi connectivity index (χ4n) is 5.23. The van der Waals surface area contributed by atoms with Gasteiger partial charge in [0, 0.05) is 29.8 Å². The molecule has 0 bridgehead atoms. The third kappa shape index (κ3) is 5.90. The van der Waals surface area contributed by atoms with Crippen molar-refractivity contribution in [2.45, 2.75) is 64.9 Å². The molecule has 14 heteroatoms. The van der Waals surface area contributed by atoms with Crippen molar-refractivity contribution in [3.05, 3.63) is 58.1 Å². The van der Waals surface area contributed by atoms with Crippen LogP contribution in [0.5, 0.6) is 5.75 Å². The van der Waals surface area contributed by atoms with Gasteiger partial charge in [0.15, 0.2) is 11.3 Å². The molecule has 0 spiro atoms. The molecular weight excluding hydrogens is 577 g/mol. The molecular formula is C27H27ClF5N3O5. The number of carbonyl (C=O) groups is 2. The minimum atomic E-state index is -4.71. The summed E-state index contributed by atoms with van der Waals surface area (Å²) in [5.74, 6) is -4.48. The van der Waals surface area contributed by atoms with Crippen LogP contribution in [0.15, 0.2) is 34.9 Å². The van der Waals surface area contributed by atoms with E-state index in [4.69, 9.17) is 20.8 Å². The zero-order chi connectivity index (χ0) is 30.5. The van der Waals surface area contributed by atoms with Gasteiger partial charge in [-0.2, -0.15) is 13.2 Å². The molecule has 1 saturated heterocycles. The van der Waals surface area contributed by atoms with Crippen LogP contribution in [-0.2, 0) is 12.8 Å². The molecule has 2 aromatic heterocycles. The molecule has 1 aromatic carbocycles. The molecule has 0 aliphatic carbocycles. The molecule has 1 aliphatic rings. The van der Waals surface area contributed by atoms with Gasteiger partial charge in [-0.1, -0.05) is 38.4 Å². The number of carbonyl (C=O) groups excluding carboxylic acids is 1. The number of aryl methyl sites for hydroxylation is 1. The molecule has 4 rings (SSSR count). The molecule has 41 heavy (non-hydrogen) atoms. The van der Waals surface area contributed by atoms with Crippen molar-refractivity contribution < 1.29 is 45.8 Å². The van der Waals surface area contributed by atoms with Crippen LogP contribution in [0.3, 0.4) is 0 Å². The smallest absolute Gasteiger partial charge is 0.433 e. The van der Waals surface area contributed by atoms with Crippen LogP contribution in [0.25, 0.3) is 11.0 Å². The Kier molecular flexibility index (Phi) is 7.89. The van der Waals surface area contributed by atoms with Crippen molar-refractivity contribution >= 4 is 34.6 Å². The highest BCUT2D eigenvalue weighted by molar-refractivity contribution is 6.35. The molecule has 1 aliphatic heterocycles. The van der Waals surface area contributed by atoms with Crippen molar-refractivity contribution in [1.29, 1.82) is 0 Å². The van der Waals surface area contributed by atoms with E-state index in [2.05, 4.69) is 10.3 Å². The number of carboxylic acid groups (broad SMARTS) is 1. The first-order chi connectivity index (χ1) is 18.9. The van der Waals surface area contributed by atoms with E-state index in [1.165, 1.54) is 52.0 Å². The molecule has 2 unspecified atom stereocenters. The molecule has 2 N–H and O–H groups in total. The van der Waals surface area contributed by atoms with Gasteiger partial charge in [0.1, 0.15) is 24.2 Å². The SMILES string of the molecule is Cc1oc2c(Cl)cc(OCc3cccnc3C(F)(F)F)cc2c1C(=O)NC1CCN(C(=O)O)C(C(C)(C)C)C1(F)F. The van der Waals surface area contributed by atoms with E-state index in [-0.39, 0.29) is 51.6 Å². The molecule has 3 heterocycles. The number of ether oxygens (including phenoxy) is 1. The van der Waals surface area contributed by atoms with Gasteiger partial charge in [-0.3, -0.25) is 14.7 Å². The second-order valence-electron chi connectivity index (χ2n) is 10.8. The normalized spacial score (nSPS) is 19.3. The summed E-state index contributed by atoms with van der Waals surface area (Å²) in [7, 11) is 0. The minimum Gasteiger partial charge on any atom is -0.489 e. The zero-order valence-electron chi connectivity index (χ0n) is 22.4. The van der Waals surface area contributed by atoms with E-state index in [1.807, 2.05) is 0 Å². The highest BCUT2D eigenvalue weighted by atomic mass is 35.5. The Hall–Kier alpha value is -3.61. The molecule has 2 amide bonds. The van der Waals surface area contributed by atoms with Crippen molar-refractivity contribution in [3.63, 3.8) is 0 Å². The van der Waals surface area contributed by atoms with Crippen molar-refractivity contribution in [2.24, 2.45) is 5.41 Å². The van der Waals surface area contributed by atoms with Crippen LogP contribution in [0.4, 0.5) is 26.7 Å². The van der Waals surface area contributed by atoms with E-state index in [9.17, 15) is 27.9 Å². The Morgan fingerprint density at radius 2 is 1.95 bits per heavy atom. The van der Waals surface area contributed by atoms with Crippen LogP contribution in [0.1, 0.15) is 54.6 Å². The number of nitrogens with zero attached hydrogens (tertiary/aromatic N) is 2. The summed E-state index contributed by atoms with van der Waals surface area (Å²) in [6.07, 6.45) is -5.52. The second-order valence-corrected chi connectivity index (χ2v) is 11.3. The number of alkyl halides is 5. The molecule has 2 atom stereocenters. The first-order valence-electron chi connectivity index (χ1n) is 12.5. The first-order valence-corrected chi connectivity index (χ1v) is 12.9. The van der Waals surface area contributed by atoms with Crippen LogP contribution in [0, 0.1) is 12.3 Å². The van der Waals surface area contributed by atoms with E-state index < -0.39 is 53.9 Å². The van der Waals surface area contributed by atoms with Crippen LogP contribution in [0.2, 0.25) is 5.02 Å². The number of piperidine rings is 1. The quantitative estimate of drug-likeness (QED) is 0.307. The number of fused-ring (bicyclic) bond motifs is 1. The van der Waals surface area contributed by atoms with Gasteiger partial charge < -0.3 is 19.6 Å². The predicted molar refractivity (Wildman–Crippen MR) is 138 cm³/mol. The van der Waals surface area contributed by atoms with Gasteiger partial charge in [-0.25, -0.2) is 13.6 Å². The topological polar surface area (TPSA) is 105 Å². The Labute approximate surface area is 236 Å². The maximum atomic E-state index is 15.7. The number of pyridine rings is 1. The third-order valence-corrected chi connectivity index (χ3v) is 7.13. The Balaban J connectivity index is 1.63. The summed E-state index contributed by atoms with van der Waals surface area (Å²) in [6.45, 7) is 5.16. The van der Waals surface area contributed by atoms with Gasteiger partial charge in [-0.05, 0) is 30.9 Å². The fraction of sp³-hybridized carbons (Fsp3) is 0.444. The Morgan fingerprint density at radius 3 is 2.56 bits per heavy atom. The minimum absolute atomic E-state index is 0.00206. The van der Waals surface area contributed by atoms with Crippen molar-refractivity contribution in [2.75, 3.05) is 6.54 Å². The summed E-state index contributed by atoms with van der Waals surface area (Å²) < 4.78 is 82.5. The number of halogens is 6. The van der Waals surface area contributed by atoms with E-state index in [1.54, 1.807) is 0 Å². The van der Waals surface area contributed by atoms with Crippen molar-refractivity contribution in [3.8, 4) is 5.75 Å². The highest BCUT2D eigenvalue weighted by Crippen LogP contribution is 2.43. The number of amides is 2. The largest absolute Gasteiger partial charge is 0.489 e. The zero-order valence-corrected chi connectivity index (χ0v) is 23.2. The van der Waals surface area contributed by atoms with Gasteiger partial charge in [0.05, 0.1) is 16.6 Å². The Bertz CT molecular complexity index is 1480. The number of hydrogen-bond acceptors (Lipinski definition) is 5. The number of likely N-dealkylation sites (tertiary alicyclic amines) is 1. The summed E-state index contributed by atoms with van der Waals surface area (Å²) in [5.41, 5.74) is -2.56. The number of benzene rings is 1. The fourth-order valence-corrected chi connectivity index (χ4v) is 5.47. The number of rotatable bonds is 5. The molecule has 0 saturated carbocycles. The van der Waals surface area contributed by atoms with E-state index in [0.29, 0.717) is 4.90 Å². The molecule has 0 radical (unpaired) electrons.